The molecule has 0 spiro atoms. The Labute approximate surface area is 176 Å². The second-order valence-electron chi connectivity index (χ2n) is 11.5. The molecular weight excluding hydrogens is 360 g/mol. The van der Waals surface area contributed by atoms with Crippen LogP contribution in [-0.2, 0) is 9.59 Å². The minimum atomic E-state index is -0.409. The fourth-order valence-electron chi connectivity index (χ4n) is 7.11. The van der Waals surface area contributed by atoms with Gasteiger partial charge in [-0.05, 0) is 68.1 Å². The molecule has 4 aliphatic carbocycles. The first-order valence-electron chi connectivity index (χ1n) is 11.4. The van der Waals surface area contributed by atoms with Crippen molar-refractivity contribution < 1.29 is 9.59 Å². The van der Waals surface area contributed by atoms with Gasteiger partial charge >= 0.3 is 0 Å². The van der Waals surface area contributed by atoms with E-state index in [2.05, 4.69) is 51.5 Å². The van der Waals surface area contributed by atoms with Gasteiger partial charge in [0.1, 0.15) is 0 Å². The maximum Gasteiger partial charge on any atom is 0.230 e. The molecule has 4 heteroatoms. The van der Waals surface area contributed by atoms with Crippen LogP contribution in [-0.4, -0.2) is 24.4 Å². The maximum atomic E-state index is 13.2. The average Bonchev–Trinajstić information content (AvgIpc) is 3.37. The third-order valence-corrected chi connectivity index (χ3v) is 9.60. The van der Waals surface area contributed by atoms with Crippen LogP contribution in [0.15, 0.2) is 24.3 Å². The Morgan fingerprint density at radius 1 is 0.931 bits per heavy atom. The van der Waals surface area contributed by atoms with Crippen LogP contribution in [0.5, 0.6) is 0 Å². The van der Waals surface area contributed by atoms with E-state index in [9.17, 15) is 9.59 Å². The number of nitrogens with one attached hydrogen (secondary N) is 2. The number of fused-ring (bicyclic) bond motifs is 4. The summed E-state index contributed by atoms with van der Waals surface area (Å²) in [5.41, 5.74) is 1.46. The van der Waals surface area contributed by atoms with Crippen molar-refractivity contribution in [1.82, 2.24) is 10.6 Å². The van der Waals surface area contributed by atoms with Gasteiger partial charge in [-0.2, -0.15) is 0 Å². The molecular formula is C25H38N2O2. The molecule has 4 fully saturated rings. The number of amides is 2. The van der Waals surface area contributed by atoms with Crippen LogP contribution >= 0.6 is 0 Å². The molecule has 0 aromatic rings. The van der Waals surface area contributed by atoms with Gasteiger partial charge in [0.05, 0.1) is 10.8 Å². The normalized spacial score (nSPS) is 39.6. The van der Waals surface area contributed by atoms with E-state index in [4.69, 9.17) is 0 Å². The lowest BCUT2D eigenvalue weighted by molar-refractivity contribution is -0.131. The highest BCUT2D eigenvalue weighted by atomic mass is 16.2. The summed E-state index contributed by atoms with van der Waals surface area (Å²) in [5.74, 6) is 1.32. The third-order valence-electron chi connectivity index (χ3n) is 9.60. The van der Waals surface area contributed by atoms with Crippen LogP contribution in [0, 0.1) is 33.5 Å². The summed E-state index contributed by atoms with van der Waals surface area (Å²) in [5, 5.41) is 6.32. The molecule has 4 bridgehead atoms. The predicted molar refractivity (Wildman–Crippen MR) is 116 cm³/mol. The van der Waals surface area contributed by atoms with E-state index in [-0.39, 0.29) is 28.7 Å². The van der Waals surface area contributed by atoms with Crippen LogP contribution < -0.4 is 10.6 Å². The second kappa shape index (κ2) is 6.21. The third kappa shape index (κ3) is 2.63. The molecule has 4 rings (SSSR count). The first-order chi connectivity index (χ1) is 13.4. The highest BCUT2D eigenvalue weighted by Crippen LogP contribution is 2.66. The van der Waals surface area contributed by atoms with Crippen molar-refractivity contribution in [3.05, 3.63) is 24.3 Å². The summed E-state index contributed by atoms with van der Waals surface area (Å²) >= 11 is 0. The highest BCUT2D eigenvalue weighted by molar-refractivity contribution is 5.89. The van der Waals surface area contributed by atoms with Gasteiger partial charge in [0.15, 0.2) is 0 Å². The lowest BCUT2D eigenvalue weighted by Crippen LogP contribution is -2.50. The van der Waals surface area contributed by atoms with Crippen LogP contribution in [0.2, 0.25) is 0 Å². The molecule has 0 aliphatic heterocycles. The van der Waals surface area contributed by atoms with E-state index < -0.39 is 10.8 Å². The number of rotatable bonds is 5. The first kappa shape index (κ1) is 20.7. The Morgan fingerprint density at radius 3 is 1.79 bits per heavy atom. The summed E-state index contributed by atoms with van der Waals surface area (Å²) in [6.07, 6.45) is 5.86. The Hall–Kier alpha value is -1.58. The molecule has 4 aliphatic rings. The Morgan fingerprint density at radius 2 is 1.38 bits per heavy atom. The summed E-state index contributed by atoms with van der Waals surface area (Å²) < 4.78 is 0. The van der Waals surface area contributed by atoms with E-state index in [0.717, 1.165) is 49.7 Å². The van der Waals surface area contributed by atoms with Crippen molar-refractivity contribution >= 4 is 11.8 Å². The molecule has 4 saturated carbocycles. The number of hydrogen-bond acceptors (Lipinski definition) is 2. The molecule has 2 N–H and O–H groups in total. The molecule has 160 valence electrons. The summed E-state index contributed by atoms with van der Waals surface area (Å²) in [6, 6.07) is -0.104. The smallest absolute Gasteiger partial charge is 0.230 e. The van der Waals surface area contributed by atoms with Gasteiger partial charge in [-0.15, -0.1) is 0 Å². The van der Waals surface area contributed by atoms with Crippen molar-refractivity contribution in [2.45, 2.75) is 79.2 Å². The lowest BCUT2D eigenvalue weighted by Gasteiger charge is -2.38. The van der Waals surface area contributed by atoms with E-state index in [1.165, 1.54) is 0 Å². The van der Waals surface area contributed by atoms with E-state index in [1.54, 1.807) is 0 Å². The molecule has 0 saturated heterocycles. The maximum absolute atomic E-state index is 13.2. The van der Waals surface area contributed by atoms with Crippen molar-refractivity contribution in [1.29, 1.82) is 0 Å². The van der Waals surface area contributed by atoms with Gasteiger partial charge < -0.3 is 10.6 Å². The molecule has 2 amide bonds. The van der Waals surface area contributed by atoms with Crippen molar-refractivity contribution in [3.63, 3.8) is 0 Å². The molecule has 0 aromatic carbocycles. The summed E-state index contributed by atoms with van der Waals surface area (Å²) in [4.78, 5) is 26.3. The van der Waals surface area contributed by atoms with Gasteiger partial charge in [-0.3, -0.25) is 9.59 Å². The van der Waals surface area contributed by atoms with Gasteiger partial charge in [0.25, 0.3) is 0 Å². The second-order valence-corrected chi connectivity index (χ2v) is 11.5. The van der Waals surface area contributed by atoms with Gasteiger partial charge in [-0.25, -0.2) is 0 Å². The predicted octanol–water partition coefficient (Wildman–Crippen LogP) is 4.37. The lowest BCUT2D eigenvalue weighted by atomic mass is 9.68. The van der Waals surface area contributed by atoms with E-state index in [0.29, 0.717) is 18.4 Å². The molecule has 4 unspecified atom stereocenters. The van der Waals surface area contributed by atoms with Crippen LogP contribution in [0.4, 0.5) is 0 Å². The minimum Gasteiger partial charge on any atom is -0.353 e. The van der Waals surface area contributed by atoms with Gasteiger partial charge in [0, 0.05) is 12.6 Å². The Balaban J connectivity index is 1.36. The quantitative estimate of drug-likeness (QED) is 0.676. The molecule has 0 aromatic heterocycles. The van der Waals surface area contributed by atoms with Crippen molar-refractivity contribution in [2.24, 2.45) is 33.5 Å². The Kier molecular flexibility index (Phi) is 4.43. The highest BCUT2D eigenvalue weighted by Gasteiger charge is 2.62. The number of carbonyl (C=O) groups excluding carboxylic acids is 2. The van der Waals surface area contributed by atoms with Crippen molar-refractivity contribution in [3.8, 4) is 0 Å². The zero-order valence-electron chi connectivity index (χ0n) is 18.9. The van der Waals surface area contributed by atoms with E-state index in [1.807, 2.05) is 6.92 Å². The van der Waals surface area contributed by atoms with Crippen LogP contribution in [0.3, 0.4) is 0 Å². The van der Waals surface area contributed by atoms with E-state index >= 15 is 0 Å². The number of hydrogen-bond donors (Lipinski definition) is 2. The molecule has 4 nitrogen and oxygen atoms in total. The zero-order chi connectivity index (χ0) is 21.4. The molecule has 5 atom stereocenters. The first-order valence-corrected chi connectivity index (χ1v) is 11.4. The van der Waals surface area contributed by atoms with Crippen LogP contribution in [0.25, 0.3) is 0 Å². The molecule has 0 radical (unpaired) electrons. The molecule has 29 heavy (non-hydrogen) atoms. The molecule has 0 heterocycles. The van der Waals surface area contributed by atoms with Gasteiger partial charge in [0.2, 0.25) is 11.8 Å². The monoisotopic (exact) mass is 398 g/mol. The summed E-state index contributed by atoms with van der Waals surface area (Å²) in [6.45, 7) is 20.0. The zero-order valence-corrected chi connectivity index (χ0v) is 18.9. The largest absolute Gasteiger partial charge is 0.353 e. The average molecular weight is 399 g/mol. The standard InChI is InChI=1S/C25H38N2O2/c1-15(27-21(29)25-11-9-19(13-25)23(6,7)17(25)3)14-26-20(28)24-10-8-18(12-24)22(4,5)16(24)2/h15,18-19H,2-3,8-14H2,1,4-7H3,(H,26,28)(H,27,29)/t15-,18?,19?,24?,25?/m1/s1. The SMILES string of the molecule is C=C1C2(C(=O)NC[C@@H](C)NC(=O)C34CCC(C3)C(C)(C)C4=C)CCC(C2)C1(C)C. The Bertz CT molecular complexity index is 795. The fourth-order valence-corrected chi connectivity index (χ4v) is 7.11. The topological polar surface area (TPSA) is 58.2 Å². The van der Waals surface area contributed by atoms with Crippen LogP contribution in [0.1, 0.15) is 73.1 Å². The minimum absolute atomic E-state index is 0.0425. The van der Waals surface area contributed by atoms with Gasteiger partial charge in [-0.1, -0.05) is 52.0 Å². The fraction of sp³-hybridized carbons (Fsp3) is 0.760. The number of carbonyl (C=O) groups is 2. The van der Waals surface area contributed by atoms with Crippen molar-refractivity contribution in [2.75, 3.05) is 6.54 Å². The summed E-state index contributed by atoms with van der Waals surface area (Å²) in [7, 11) is 0.